The van der Waals surface area contributed by atoms with Crippen molar-refractivity contribution in [3.63, 3.8) is 0 Å². The maximum Gasteiger partial charge on any atom is 0.410 e. The number of carbonyl (C=O) groups excluding carboxylic acids is 2. The van der Waals surface area contributed by atoms with Crippen LogP contribution >= 0.6 is 27.3 Å². The largest absolute Gasteiger partial charge is 0.459 e. The van der Waals surface area contributed by atoms with E-state index in [-0.39, 0.29) is 43.1 Å². The summed E-state index contributed by atoms with van der Waals surface area (Å²) in [5.74, 6) is -3.76. The van der Waals surface area contributed by atoms with Gasteiger partial charge in [-0.15, -0.1) is 11.3 Å². The molecule has 1 aliphatic rings. The summed E-state index contributed by atoms with van der Waals surface area (Å²) < 4.78 is 40.4. The molecule has 0 aliphatic carbocycles. The topological polar surface area (TPSA) is 76.1 Å². The molecule has 35 heavy (non-hydrogen) atoms. The number of cyclic esters (lactones) is 1. The Hall–Kier alpha value is -2.04. The van der Waals surface area contributed by atoms with Crippen molar-refractivity contribution in [2.75, 3.05) is 13.2 Å². The number of carbonyl (C=O) groups is 2. The fraction of sp³-hybridized carbons (Fsp3) is 0.520. The lowest BCUT2D eigenvalue weighted by Crippen LogP contribution is -2.47. The summed E-state index contributed by atoms with van der Waals surface area (Å²) in [6, 6.07) is 9.05. The van der Waals surface area contributed by atoms with Gasteiger partial charge in [-0.05, 0) is 63.8 Å². The van der Waals surface area contributed by atoms with Crippen molar-refractivity contribution in [2.45, 2.75) is 70.1 Å². The molecule has 2 unspecified atom stereocenters. The van der Waals surface area contributed by atoms with Gasteiger partial charge in [-0.25, -0.2) is 9.59 Å². The molecule has 6 nitrogen and oxygen atoms in total. The van der Waals surface area contributed by atoms with Gasteiger partial charge in [-0.1, -0.05) is 28.1 Å². The van der Waals surface area contributed by atoms with E-state index in [1.54, 1.807) is 30.9 Å². The Morgan fingerprint density at radius 3 is 2.83 bits per heavy atom. The van der Waals surface area contributed by atoms with Crippen LogP contribution in [0.15, 0.2) is 40.9 Å². The van der Waals surface area contributed by atoms with Gasteiger partial charge in [0, 0.05) is 33.9 Å². The number of esters is 1. The van der Waals surface area contributed by atoms with Gasteiger partial charge in [0.1, 0.15) is 11.0 Å². The van der Waals surface area contributed by atoms with Gasteiger partial charge in [0.25, 0.3) is 5.92 Å². The number of aliphatic hydroxyl groups is 1. The molecule has 2 heterocycles. The van der Waals surface area contributed by atoms with Crippen LogP contribution in [0.3, 0.4) is 0 Å². The number of hydrogen-bond acceptors (Lipinski definition) is 6. The lowest BCUT2D eigenvalue weighted by Gasteiger charge is -2.36. The Morgan fingerprint density at radius 1 is 1.34 bits per heavy atom. The van der Waals surface area contributed by atoms with E-state index in [1.165, 1.54) is 29.5 Å². The molecular weight excluding hydrogens is 544 g/mol. The number of amides is 1. The number of alkyl halides is 2. The first kappa shape index (κ1) is 27.5. The average Bonchev–Trinajstić information content (AvgIpc) is 3.27. The monoisotopic (exact) mass is 573 g/mol. The molecule has 0 saturated carbocycles. The molecule has 192 valence electrons. The SMILES string of the molecule is CC(C)OC(=O)c1ccc(CCCN2C(=O)OCCC2CCC(O)C(F)(F)c2cccc(Br)c2)s1. The maximum absolute atomic E-state index is 14.8. The fourth-order valence-electron chi connectivity index (χ4n) is 3.98. The van der Waals surface area contributed by atoms with Crippen molar-refractivity contribution in [1.82, 2.24) is 4.90 Å². The van der Waals surface area contributed by atoms with Crippen molar-refractivity contribution in [1.29, 1.82) is 0 Å². The fourth-order valence-corrected chi connectivity index (χ4v) is 5.31. The second-order valence-electron chi connectivity index (χ2n) is 8.80. The van der Waals surface area contributed by atoms with Crippen LogP contribution < -0.4 is 0 Å². The Morgan fingerprint density at radius 2 is 2.11 bits per heavy atom. The van der Waals surface area contributed by atoms with Crippen LogP contribution in [0.5, 0.6) is 0 Å². The van der Waals surface area contributed by atoms with Crippen LogP contribution in [0, 0.1) is 0 Å². The first-order valence-corrected chi connectivity index (χ1v) is 13.2. The molecule has 1 saturated heterocycles. The van der Waals surface area contributed by atoms with Crippen LogP contribution in [0.25, 0.3) is 0 Å². The second kappa shape index (κ2) is 12.3. The van der Waals surface area contributed by atoms with Crippen LogP contribution in [0.2, 0.25) is 0 Å². The molecule has 1 N–H and O–H groups in total. The normalized spacial score (nSPS) is 17.4. The molecule has 1 fully saturated rings. The van der Waals surface area contributed by atoms with E-state index in [1.807, 2.05) is 6.07 Å². The number of thiophene rings is 1. The minimum Gasteiger partial charge on any atom is -0.459 e. The number of nitrogens with zero attached hydrogens (tertiary/aromatic N) is 1. The molecule has 1 amide bonds. The molecule has 0 spiro atoms. The number of hydrogen-bond donors (Lipinski definition) is 1. The summed E-state index contributed by atoms with van der Waals surface area (Å²) >= 11 is 4.54. The Labute approximate surface area is 216 Å². The molecule has 10 heteroatoms. The smallest absolute Gasteiger partial charge is 0.410 e. The molecule has 1 aliphatic heterocycles. The van der Waals surface area contributed by atoms with Crippen molar-refractivity contribution in [2.24, 2.45) is 0 Å². The minimum atomic E-state index is -3.41. The summed E-state index contributed by atoms with van der Waals surface area (Å²) in [4.78, 5) is 27.5. The van der Waals surface area contributed by atoms with E-state index in [2.05, 4.69) is 15.9 Å². The quantitative estimate of drug-likeness (QED) is 0.326. The highest BCUT2D eigenvalue weighted by molar-refractivity contribution is 9.10. The highest BCUT2D eigenvalue weighted by Gasteiger charge is 2.41. The molecule has 2 atom stereocenters. The lowest BCUT2D eigenvalue weighted by atomic mass is 9.96. The molecule has 0 bridgehead atoms. The average molecular weight is 574 g/mol. The standard InChI is InChI=1S/C25H30BrF2NO5S/c1-16(2)34-23(31)21-10-9-20(35-21)7-4-13-29-19(12-14-33-24(29)32)8-11-22(30)25(27,28)17-5-3-6-18(26)15-17/h3,5-6,9-10,15-16,19,22,30H,4,7-8,11-14H2,1-2H3. The van der Waals surface area contributed by atoms with Gasteiger partial charge < -0.3 is 19.5 Å². The first-order chi connectivity index (χ1) is 16.6. The zero-order valence-corrected chi connectivity index (χ0v) is 22.1. The molecule has 0 radical (unpaired) electrons. The third-order valence-corrected chi connectivity index (χ3v) is 7.40. The van der Waals surface area contributed by atoms with E-state index in [4.69, 9.17) is 9.47 Å². The Kier molecular flexibility index (Phi) is 9.66. The number of ether oxygens (including phenoxy) is 2. The van der Waals surface area contributed by atoms with Gasteiger partial charge in [0.2, 0.25) is 0 Å². The third-order valence-electron chi connectivity index (χ3n) is 5.78. The highest BCUT2D eigenvalue weighted by atomic mass is 79.9. The van der Waals surface area contributed by atoms with Crippen molar-refractivity contribution < 1.29 is 33.0 Å². The Balaban J connectivity index is 1.54. The molecule has 1 aromatic carbocycles. The van der Waals surface area contributed by atoms with E-state index in [0.717, 1.165) is 4.88 Å². The van der Waals surface area contributed by atoms with Crippen molar-refractivity contribution >= 4 is 39.3 Å². The van der Waals surface area contributed by atoms with Crippen LogP contribution in [0.1, 0.15) is 59.6 Å². The van der Waals surface area contributed by atoms with Crippen LogP contribution in [-0.4, -0.2) is 53.5 Å². The van der Waals surface area contributed by atoms with E-state index in [0.29, 0.717) is 35.2 Å². The van der Waals surface area contributed by atoms with Gasteiger partial charge in [0.05, 0.1) is 12.7 Å². The second-order valence-corrected chi connectivity index (χ2v) is 10.9. The minimum absolute atomic E-state index is 0.153. The first-order valence-electron chi connectivity index (χ1n) is 11.6. The number of aliphatic hydroxyl groups excluding tert-OH is 1. The summed E-state index contributed by atoms with van der Waals surface area (Å²) in [5, 5.41) is 10.3. The molecule has 3 rings (SSSR count). The highest BCUT2D eigenvalue weighted by Crippen LogP contribution is 2.36. The van der Waals surface area contributed by atoms with Crippen LogP contribution in [-0.2, 0) is 21.8 Å². The van der Waals surface area contributed by atoms with Crippen molar-refractivity contribution in [3.8, 4) is 0 Å². The number of aryl methyl sites for hydroxylation is 1. The zero-order chi connectivity index (χ0) is 25.6. The van der Waals surface area contributed by atoms with E-state index < -0.39 is 18.1 Å². The van der Waals surface area contributed by atoms with E-state index in [9.17, 15) is 23.5 Å². The van der Waals surface area contributed by atoms with Gasteiger partial charge in [-0.3, -0.25) is 0 Å². The van der Waals surface area contributed by atoms with Gasteiger partial charge >= 0.3 is 12.1 Å². The maximum atomic E-state index is 14.8. The van der Waals surface area contributed by atoms with E-state index >= 15 is 0 Å². The molecule has 2 aromatic rings. The number of halogens is 3. The van der Waals surface area contributed by atoms with Crippen molar-refractivity contribution in [3.05, 3.63) is 56.2 Å². The van der Waals surface area contributed by atoms with Gasteiger partial charge in [0.15, 0.2) is 0 Å². The lowest BCUT2D eigenvalue weighted by molar-refractivity contribution is -0.120. The molecule has 1 aromatic heterocycles. The molecular formula is C25H30BrF2NO5S. The predicted molar refractivity (Wildman–Crippen MR) is 133 cm³/mol. The summed E-state index contributed by atoms with van der Waals surface area (Å²) in [7, 11) is 0. The predicted octanol–water partition coefficient (Wildman–Crippen LogP) is 6.15. The third kappa shape index (κ3) is 7.47. The Bertz CT molecular complexity index is 1020. The number of benzene rings is 1. The van der Waals surface area contributed by atoms with Gasteiger partial charge in [-0.2, -0.15) is 8.78 Å². The zero-order valence-electron chi connectivity index (χ0n) is 19.7. The summed E-state index contributed by atoms with van der Waals surface area (Å²) in [6.07, 6.45) is -0.645. The number of rotatable bonds is 11. The summed E-state index contributed by atoms with van der Waals surface area (Å²) in [5.41, 5.74) is -0.258. The summed E-state index contributed by atoms with van der Waals surface area (Å²) in [6.45, 7) is 4.21. The van der Waals surface area contributed by atoms with Crippen LogP contribution in [0.4, 0.5) is 13.6 Å².